The van der Waals surface area contributed by atoms with Crippen molar-refractivity contribution in [1.29, 1.82) is 0 Å². The van der Waals surface area contributed by atoms with E-state index in [0.29, 0.717) is 42.9 Å². The highest BCUT2D eigenvalue weighted by molar-refractivity contribution is 5.92. The summed E-state index contributed by atoms with van der Waals surface area (Å²) in [5.74, 6) is -0.395. The normalized spacial score (nSPS) is 14.8. The van der Waals surface area contributed by atoms with Gasteiger partial charge in [0.15, 0.2) is 0 Å². The molecule has 25 heavy (non-hydrogen) atoms. The predicted octanol–water partition coefficient (Wildman–Crippen LogP) is 2.13. The smallest absolute Gasteiger partial charge is 0.293 e. The highest BCUT2D eigenvalue weighted by atomic mass is 19.1. The van der Waals surface area contributed by atoms with E-state index in [4.69, 9.17) is 0 Å². The van der Waals surface area contributed by atoms with Crippen molar-refractivity contribution in [3.63, 3.8) is 0 Å². The van der Waals surface area contributed by atoms with Crippen molar-refractivity contribution in [1.82, 2.24) is 20.1 Å². The van der Waals surface area contributed by atoms with Crippen molar-refractivity contribution < 1.29 is 9.18 Å². The molecule has 2 aromatic carbocycles. The lowest BCUT2D eigenvalue weighted by atomic mass is 10.2. The van der Waals surface area contributed by atoms with Crippen LogP contribution in [0.4, 0.5) is 10.1 Å². The van der Waals surface area contributed by atoms with Gasteiger partial charge < -0.3 is 9.80 Å². The fraction of sp³-hybridized carbons (Fsp3) is 0.222. The number of para-hydroxylation sites is 2. The van der Waals surface area contributed by atoms with Crippen molar-refractivity contribution in [2.24, 2.45) is 0 Å². The summed E-state index contributed by atoms with van der Waals surface area (Å²) in [5.41, 5.74) is 1.87. The standard InChI is InChI=1S/C18H16FN5O/c19-13-5-1-4-8-16(13)23-9-11-24(12-10-23)18(25)17-20-14-6-2-3-7-15(14)21-22-17/h1-8H,9-12H2. The molecular weight excluding hydrogens is 321 g/mol. The first-order valence-electron chi connectivity index (χ1n) is 8.10. The zero-order valence-corrected chi connectivity index (χ0v) is 13.5. The molecule has 0 spiro atoms. The van der Waals surface area contributed by atoms with Gasteiger partial charge in [0.25, 0.3) is 5.91 Å². The van der Waals surface area contributed by atoms with Crippen molar-refractivity contribution in [3.05, 3.63) is 60.2 Å². The first-order valence-corrected chi connectivity index (χ1v) is 8.10. The lowest BCUT2D eigenvalue weighted by molar-refractivity contribution is 0.0733. The molecule has 0 bridgehead atoms. The van der Waals surface area contributed by atoms with Gasteiger partial charge in [-0.25, -0.2) is 9.37 Å². The SMILES string of the molecule is O=C(c1nnc2ccccc2n1)N1CCN(c2ccccc2F)CC1. The van der Waals surface area contributed by atoms with E-state index in [2.05, 4.69) is 15.2 Å². The van der Waals surface area contributed by atoms with E-state index >= 15 is 0 Å². The second-order valence-electron chi connectivity index (χ2n) is 5.85. The number of benzene rings is 2. The molecule has 1 fully saturated rings. The Kier molecular flexibility index (Phi) is 3.97. The molecule has 0 aliphatic carbocycles. The molecule has 126 valence electrons. The van der Waals surface area contributed by atoms with Gasteiger partial charge in [0.05, 0.1) is 11.2 Å². The topological polar surface area (TPSA) is 62.2 Å². The largest absolute Gasteiger partial charge is 0.366 e. The van der Waals surface area contributed by atoms with Gasteiger partial charge in [0.1, 0.15) is 11.3 Å². The Morgan fingerprint density at radius 3 is 2.32 bits per heavy atom. The molecule has 7 heteroatoms. The second kappa shape index (κ2) is 6.43. The lowest BCUT2D eigenvalue weighted by Crippen LogP contribution is -2.49. The number of halogens is 1. The maximum atomic E-state index is 13.9. The van der Waals surface area contributed by atoms with Crippen LogP contribution >= 0.6 is 0 Å². The monoisotopic (exact) mass is 337 g/mol. The number of piperazine rings is 1. The van der Waals surface area contributed by atoms with Crippen LogP contribution in [0.5, 0.6) is 0 Å². The van der Waals surface area contributed by atoms with Gasteiger partial charge in [0, 0.05) is 26.2 Å². The van der Waals surface area contributed by atoms with E-state index in [0.717, 1.165) is 0 Å². The van der Waals surface area contributed by atoms with Crippen LogP contribution in [0.2, 0.25) is 0 Å². The van der Waals surface area contributed by atoms with Crippen LogP contribution in [0.1, 0.15) is 10.6 Å². The Labute approximate surface area is 143 Å². The lowest BCUT2D eigenvalue weighted by Gasteiger charge is -2.35. The van der Waals surface area contributed by atoms with Crippen LogP contribution in [0, 0.1) is 5.82 Å². The molecule has 0 atom stereocenters. The Hall–Kier alpha value is -3.09. The molecule has 1 saturated heterocycles. The number of anilines is 1. The molecular formula is C18H16FN5O. The van der Waals surface area contributed by atoms with Gasteiger partial charge in [-0.15, -0.1) is 10.2 Å². The average Bonchev–Trinajstić information content (AvgIpc) is 2.67. The minimum absolute atomic E-state index is 0.0954. The van der Waals surface area contributed by atoms with Gasteiger partial charge in [-0.1, -0.05) is 24.3 Å². The first-order chi connectivity index (χ1) is 12.2. The molecule has 1 aliphatic rings. The summed E-state index contributed by atoms with van der Waals surface area (Å²) in [4.78, 5) is 20.6. The Bertz CT molecular complexity index is 924. The molecule has 1 aliphatic heterocycles. The molecule has 0 saturated carbocycles. The molecule has 4 rings (SSSR count). The van der Waals surface area contributed by atoms with Crippen LogP contribution in [-0.2, 0) is 0 Å². The second-order valence-corrected chi connectivity index (χ2v) is 5.85. The molecule has 0 N–H and O–H groups in total. The third-order valence-electron chi connectivity index (χ3n) is 4.31. The number of hydrogen-bond donors (Lipinski definition) is 0. The molecule has 2 heterocycles. The Morgan fingerprint density at radius 1 is 0.880 bits per heavy atom. The zero-order valence-electron chi connectivity index (χ0n) is 13.5. The highest BCUT2D eigenvalue weighted by Gasteiger charge is 2.25. The van der Waals surface area contributed by atoms with Crippen LogP contribution in [0.3, 0.4) is 0 Å². The quantitative estimate of drug-likeness (QED) is 0.717. The number of carbonyl (C=O) groups excluding carboxylic acids is 1. The van der Waals surface area contributed by atoms with Crippen molar-refractivity contribution in [2.45, 2.75) is 0 Å². The molecule has 1 amide bonds. The molecule has 1 aromatic heterocycles. The van der Waals surface area contributed by atoms with E-state index in [1.165, 1.54) is 6.07 Å². The van der Waals surface area contributed by atoms with Crippen LogP contribution in [0.25, 0.3) is 11.0 Å². The third-order valence-corrected chi connectivity index (χ3v) is 4.31. The minimum atomic E-state index is -0.246. The first kappa shape index (κ1) is 15.4. The van der Waals surface area contributed by atoms with Gasteiger partial charge in [-0.3, -0.25) is 4.79 Å². The fourth-order valence-corrected chi connectivity index (χ4v) is 2.97. The highest BCUT2D eigenvalue weighted by Crippen LogP contribution is 2.20. The molecule has 3 aromatic rings. The van der Waals surface area contributed by atoms with Crippen molar-refractivity contribution in [2.75, 3.05) is 31.1 Å². The van der Waals surface area contributed by atoms with E-state index in [-0.39, 0.29) is 17.5 Å². The summed E-state index contributed by atoms with van der Waals surface area (Å²) in [5, 5.41) is 8.00. The van der Waals surface area contributed by atoms with E-state index in [1.54, 1.807) is 29.2 Å². The van der Waals surface area contributed by atoms with Gasteiger partial charge in [-0.05, 0) is 24.3 Å². The number of fused-ring (bicyclic) bond motifs is 1. The maximum Gasteiger partial charge on any atom is 0.293 e. The number of aromatic nitrogens is 3. The number of nitrogens with zero attached hydrogens (tertiary/aromatic N) is 5. The zero-order chi connectivity index (χ0) is 17.2. The predicted molar refractivity (Wildman–Crippen MR) is 91.8 cm³/mol. The average molecular weight is 337 g/mol. The number of hydrogen-bond acceptors (Lipinski definition) is 5. The third kappa shape index (κ3) is 3.00. The summed E-state index contributed by atoms with van der Waals surface area (Å²) in [6.45, 7) is 2.11. The van der Waals surface area contributed by atoms with E-state index in [1.807, 2.05) is 23.1 Å². The number of rotatable bonds is 2. The maximum absolute atomic E-state index is 13.9. The van der Waals surface area contributed by atoms with E-state index < -0.39 is 0 Å². The molecule has 0 unspecified atom stereocenters. The van der Waals surface area contributed by atoms with E-state index in [9.17, 15) is 9.18 Å². The number of carbonyl (C=O) groups is 1. The van der Waals surface area contributed by atoms with Gasteiger partial charge in [-0.2, -0.15) is 0 Å². The van der Waals surface area contributed by atoms with Crippen LogP contribution < -0.4 is 4.90 Å². The Morgan fingerprint density at radius 2 is 1.56 bits per heavy atom. The van der Waals surface area contributed by atoms with Crippen molar-refractivity contribution >= 4 is 22.6 Å². The molecule has 0 radical (unpaired) electrons. The van der Waals surface area contributed by atoms with Crippen LogP contribution in [-0.4, -0.2) is 52.2 Å². The summed E-state index contributed by atoms with van der Waals surface area (Å²) in [6.07, 6.45) is 0. The van der Waals surface area contributed by atoms with Crippen molar-refractivity contribution in [3.8, 4) is 0 Å². The fourth-order valence-electron chi connectivity index (χ4n) is 2.97. The summed E-state index contributed by atoms with van der Waals surface area (Å²) < 4.78 is 13.9. The Balaban J connectivity index is 1.48. The minimum Gasteiger partial charge on any atom is -0.366 e. The summed E-state index contributed by atoms with van der Waals surface area (Å²) in [7, 11) is 0. The van der Waals surface area contributed by atoms with Gasteiger partial charge in [0.2, 0.25) is 5.82 Å². The summed E-state index contributed by atoms with van der Waals surface area (Å²) in [6, 6.07) is 14.0. The van der Waals surface area contributed by atoms with Crippen LogP contribution in [0.15, 0.2) is 48.5 Å². The molecule has 6 nitrogen and oxygen atoms in total. The summed E-state index contributed by atoms with van der Waals surface area (Å²) >= 11 is 0. The number of amides is 1. The van der Waals surface area contributed by atoms with Gasteiger partial charge >= 0.3 is 0 Å².